The number of Topliss-reactive ketones (excluding diaryl/α,β-unsaturated/α-hetero) is 1. The molecule has 0 aliphatic carbocycles. The molecule has 2 N–H and O–H groups in total. The molecule has 0 spiro atoms. The van der Waals surface area contributed by atoms with Gasteiger partial charge in [0.15, 0.2) is 5.78 Å². The van der Waals surface area contributed by atoms with Crippen molar-refractivity contribution in [1.82, 2.24) is 9.88 Å². The fourth-order valence-electron chi connectivity index (χ4n) is 3.14. The Labute approximate surface area is 180 Å². The number of anilines is 1. The molecular formula is C21H26ClN3O5. The summed E-state index contributed by atoms with van der Waals surface area (Å²) in [5, 5.41) is 3.20. The summed E-state index contributed by atoms with van der Waals surface area (Å²) in [6.45, 7) is 5.05. The predicted molar refractivity (Wildman–Crippen MR) is 115 cm³/mol. The Balaban J connectivity index is 2.11. The normalized spacial score (nSPS) is 11.9. The number of carbonyl (C=O) groups is 3. The minimum absolute atomic E-state index is 0.0365. The third-order valence-electron chi connectivity index (χ3n) is 4.94. The minimum Gasteiger partial charge on any atom is -0.495 e. The number of ketones is 1. The maximum atomic E-state index is 13.0. The van der Waals surface area contributed by atoms with Crippen LogP contribution in [0.1, 0.15) is 39.0 Å². The van der Waals surface area contributed by atoms with Crippen molar-refractivity contribution in [2.24, 2.45) is 0 Å². The number of methoxy groups -OCH3 is 2. The molecule has 0 bridgehead atoms. The highest BCUT2D eigenvalue weighted by atomic mass is 35.5. The Hall–Kier alpha value is -2.84. The van der Waals surface area contributed by atoms with E-state index in [2.05, 4.69) is 10.3 Å². The van der Waals surface area contributed by atoms with Gasteiger partial charge in [-0.05, 0) is 51.6 Å². The number of carbonyl (C=O) groups excluding carboxylic acids is 3. The van der Waals surface area contributed by atoms with Gasteiger partial charge in [-0.1, -0.05) is 11.6 Å². The van der Waals surface area contributed by atoms with Gasteiger partial charge in [0.25, 0.3) is 0 Å². The highest BCUT2D eigenvalue weighted by molar-refractivity contribution is 6.31. The Bertz CT molecular complexity index is 970. The number of aromatic nitrogens is 1. The third-order valence-corrected chi connectivity index (χ3v) is 5.18. The van der Waals surface area contributed by atoms with Crippen molar-refractivity contribution in [3.05, 3.63) is 45.7 Å². The van der Waals surface area contributed by atoms with Gasteiger partial charge in [0.1, 0.15) is 5.75 Å². The van der Waals surface area contributed by atoms with E-state index in [9.17, 15) is 14.4 Å². The molecule has 1 unspecified atom stereocenters. The van der Waals surface area contributed by atoms with Crippen LogP contribution in [0.5, 0.6) is 5.75 Å². The summed E-state index contributed by atoms with van der Waals surface area (Å²) >= 11 is 5.99. The quantitative estimate of drug-likeness (QED) is 0.487. The lowest BCUT2D eigenvalue weighted by Gasteiger charge is -2.23. The van der Waals surface area contributed by atoms with Crippen molar-refractivity contribution in [1.29, 1.82) is 0 Å². The van der Waals surface area contributed by atoms with E-state index in [4.69, 9.17) is 21.1 Å². The molecule has 162 valence electrons. The van der Waals surface area contributed by atoms with Crippen LogP contribution in [-0.4, -0.2) is 61.4 Å². The monoisotopic (exact) mass is 435 g/mol. The molecule has 0 fully saturated rings. The van der Waals surface area contributed by atoms with Crippen molar-refractivity contribution < 1.29 is 23.9 Å². The summed E-state index contributed by atoms with van der Waals surface area (Å²) in [7, 11) is 4.46. The molecule has 1 atom stereocenters. The van der Waals surface area contributed by atoms with Crippen LogP contribution < -0.4 is 10.1 Å². The number of ether oxygens (including phenoxy) is 2. The van der Waals surface area contributed by atoms with Gasteiger partial charge in [-0.25, -0.2) is 4.79 Å². The van der Waals surface area contributed by atoms with Gasteiger partial charge in [-0.2, -0.15) is 0 Å². The molecule has 2 aromatic rings. The number of aryl methyl sites for hydroxylation is 1. The molecule has 0 saturated heterocycles. The lowest BCUT2D eigenvalue weighted by Crippen LogP contribution is -2.41. The highest BCUT2D eigenvalue weighted by Crippen LogP contribution is 2.27. The maximum Gasteiger partial charge on any atom is 0.339 e. The summed E-state index contributed by atoms with van der Waals surface area (Å²) in [6, 6.07) is 4.29. The number of esters is 1. The zero-order valence-electron chi connectivity index (χ0n) is 17.9. The van der Waals surface area contributed by atoms with Crippen LogP contribution in [0.3, 0.4) is 0 Å². The number of H-pyrrole nitrogens is 1. The van der Waals surface area contributed by atoms with E-state index in [1.165, 1.54) is 14.2 Å². The molecule has 1 amide bonds. The number of benzene rings is 1. The van der Waals surface area contributed by atoms with Crippen LogP contribution >= 0.6 is 11.6 Å². The number of hydrogen-bond donors (Lipinski definition) is 2. The molecule has 1 aromatic carbocycles. The Morgan fingerprint density at radius 3 is 2.50 bits per heavy atom. The summed E-state index contributed by atoms with van der Waals surface area (Å²) in [5.74, 6) is -0.586. The average molecular weight is 436 g/mol. The van der Waals surface area contributed by atoms with E-state index >= 15 is 0 Å². The zero-order valence-corrected chi connectivity index (χ0v) is 18.6. The second-order valence-electron chi connectivity index (χ2n) is 6.96. The van der Waals surface area contributed by atoms with Crippen LogP contribution in [0.25, 0.3) is 0 Å². The lowest BCUT2D eigenvalue weighted by atomic mass is 10.0. The van der Waals surface area contributed by atoms with E-state index in [1.807, 2.05) is 0 Å². The number of nitrogens with one attached hydrogen (secondary N) is 2. The smallest absolute Gasteiger partial charge is 0.339 e. The number of amides is 1. The number of nitrogens with zero attached hydrogens (tertiary/aromatic N) is 1. The lowest BCUT2D eigenvalue weighted by molar-refractivity contribution is -0.117. The van der Waals surface area contributed by atoms with Gasteiger partial charge in [0.05, 0.1) is 43.8 Å². The van der Waals surface area contributed by atoms with Crippen LogP contribution in [0.15, 0.2) is 18.2 Å². The number of likely N-dealkylation sites (N-methyl/N-ethyl adjacent to an activating group) is 1. The molecule has 1 aromatic heterocycles. The first-order chi connectivity index (χ1) is 14.1. The van der Waals surface area contributed by atoms with Crippen LogP contribution in [0.4, 0.5) is 5.69 Å². The first kappa shape index (κ1) is 23.4. The zero-order chi connectivity index (χ0) is 22.6. The van der Waals surface area contributed by atoms with Gasteiger partial charge >= 0.3 is 5.97 Å². The van der Waals surface area contributed by atoms with Gasteiger partial charge in [0.2, 0.25) is 5.91 Å². The Morgan fingerprint density at radius 1 is 1.23 bits per heavy atom. The molecule has 30 heavy (non-hydrogen) atoms. The average Bonchev–Trinajstić information content (AvgIpc) is 3.00. The number of rotatable bonds is 8. The number of halogens is 1. The van der Waals surface area contributed by atoms with Crippen molar-refractivity contribution in [2.75, 3.05) is 33.1 Å². The molecule has 0 aliphatic rings. The largest absolute Gasteiger partial charge is 0.495 e. The van der Waals surface area contributed by atoms with Gasteiger partial charge < -0.3 is 19.8 Å². The molecule has 1 heterocycles. The van der Waals surface area contributed by atoms with E-state index in [1.54, 1.807) is 50.9 Å². The van der Waals surface area contributed by atoms with Crippen molar-refractivity contribution in [2.45, 2.75) is 26.8 Å². The third kappa shape index (κ3) is 5.01. The summed E-state index contributed by atoms with van der Waals surface area (Å²) < 4.78 is 10.0. The number of aromatic amines is 1. The van der Waals surface area contributed by atoms with E-state index in [0.717, 1.165) is 0 Å². The van der Waals surface area contributed by atoms with Crippen LogP contribution in [0, 0.1) is 13.8 Å². The fourth-order valence-corrected chi connectivity index (χ4v) is 3.32. The summed E-state index contributed by atoms with van der Waals surface area (Å²) in [5.41, 5.74) is 2.20. The second kappa shape index (κ2) is 9.77. The van der Waals surface area contributed by atoms with Crippen molar-refractivity contribution >= 4 is 34.9 Å². The molecule has 2 rings (SSSR count). The van der Waals surface area contributed by atoms with Crippen LogP contribution in [-0.2, 0) is 9.53 Å². The standard InChI is InChI=1S/C21H26ClN3O5/c1-11-18(21(28)30-6)12(2)23-19(11)20(27)13(3)25(4)10-17(26)24-15-9-14(22)7-8-16(15)29-5/h7-9,13,23H,10H2,1-6H3,(H,24,26). The number of hydrogen-bond acceptors (Lipinski definition) is 6. The van der Waals surface area contributed by atoms with Crippen LogP contribution in [0.2, 0.25) is 5.02 Å². The maximum absolute atomic E-state index is 13.0. The van der Waals surface area contributed by atoms with Gasteiger partial charge in [0, 0.05) is 10.7 Å². The second-order valence-corrected chi connectivity index (χ2v) is 7.40. The predicted octanol–water partition coefficient (Wildman–Crippen LogP) is 3.22. The van der Waals surface area contributed by atoms with Crippen molar-refractivity contribution in [3.8, 4) is 5.75 Å². The highest BCUT2D eigenvalue weighted by Gasteiger charge is 2.28. The molecule has 9 heteroatoms. The topological polar surface area (TPSA) is 101 Å². The molecule has 0 saturated carbocycles. The molecule has 0 radical (unpaired) electrons. The van der Waals surface area contributed by atoms with E-state index < -0.39 is 12.0 Å². The SMILES string of the molecule is COC(=O)c1c(C)[nH]c(C(=O)C(C)N(C)CC(=O)Nc2cc(Cl)ccc2OC)c1C. The molecular weight excluding hydrogens is 410 g/mol. The minimum atomic E-state index is -0.612. The fraction of sp³-hybridized carbons (Fsp3) is 0.381. The van der Waals surface area contributed by atoms with Crippen molar-refractivity contribution in [3.63, 3.8) is 0 Å². The van der Waals surface area contributed by atoms with E-state index in [-0.39, 0.29) is 18.2 Å². The Kier molecular flexibility index (Phi) is 7.64. The first-order valence-corrected chi connectivity index (χ1v) is 9.63. The molecule has 8 nitrogen and oxygen atoms in total. The first-order valence-electron chi connectivity index (χ1n) is 9.26. The van der Waals surface area contributed by atoms with E-state index in [0.29, 0.717) is 39.0 Å². The summed E-state index contributed by atoms with van der Waals surface area (Å²) in [6.07, 6.45) is 0. The Morgan fingerprint density at radius 2 is 1.90 bits per heavy atom. The van der Waals surface area contributed by atoms with Gasteiger partial charge in [-0.15, -0.1) is 0 Å². The van der Waals surface area contributed by atoms with Gasteiger partial charge in [-0.3, -0.25) is 14.5 Å². The summed E-state index contributed by atoms with van der Waals surface area (Å²) in [4.78, 5) is 42.0. The molecule has 0 aliphatic heterocycles.